The zero-order valence-corrected chi connectivity index (χ0v) is 13.3. The minimum Gasteiger partial charge on any atom is -0.352 e. The van der Waals surface area contributed by atoms with E-state index in [-0.39, 0.29) is 5.91 Å². The molecule has 1 amide bonds. The molecular formula is C16H21Cl2NO. The molecule has 1 aromatic carbocycles. The highest BCUT2D eigenvalue weighted by Crippen LogP contribution is 2.30. The van der Waals surface area contributed by atoms with Gasteiger partial charge in [0.15, 0.2) is 0 Å². The molecule has 1 fully saturated rings. The molecular weight excluding hydrogens is 293 g/mol. The first kappa shape index (κ1) is 15.7. The van der Waals surface area contributed by atoms with E-state index < -0.39 is 0 Å². The van der Waals surface area contributed by atoms with Crippen LogP contribution in [0, 0.1) is 18.8 Å². The molecule has 1 aliphatic rings. The van der Waals surface area contributed by atoms with Crippen molar-refractivity contribution >= 4 is 29.1 Å². The molecule has 0 aromatic heterocycles. The highest BCUT2D eigenvalue weighted by atomic mass is 35.5. The second-order valence-electron chi connectivity index (χ2n) is 5.65. The van der Waals surface area contributed by atoms with Gasteiger partial charge in [0, 0.05) is 12.4 Å². The van der Waals surface area contributed by atoms with E-state index in [0.29, 0.717) is 34.8 Å². The molecule has 0 heterocycles. The van der Waals surface area contributed by atoms with Crippen LogP contribution in [0.1, 0.15) is 41.6 Å². The van der Waals surface area contributed by atoms with Crippen molar-refractivity contribution in [3.8, 4) is 0 Å². The van der Waals surface area contributed by atoms with Gasteiger partial charge in [-0.3, -0.25) is 4.79 Å². The van der Waals surface area contributed by atoms with Gasteiger partial charge in [0.2, 0.25) is 0 Å². The van der Waals surface area contributed by atoms with Crippen molar-refractivity contribution in [2.45, 2.75) is 32.6 Å². The number of carbonyl (C=O) groups is 1. The van der Waals surface area contributed by atoms with Crippen LogP contribution in [0.25, 0.3) is 0 Å². The third kappa shape index (κ3) is 3.89. The highest BCUT2D eigenvalue weighted by Gasteiger charge is 2.25. The smallest absolute Gasteiger partial charge is 0.252 e. The topological polar surface area (TPSA) is 29.1 Å². The average molecular weight is 314 g/mol. The van der Waals surface area contributed by atoms with Crippen molar-refractivity contribution in [1.82, 2.24) is 5.32 Å². The molecule has 2 rings (SSSR count). The van der Waals surface area contributed by atoms with E-state index >= 15 is 0 Å². The maximum Gasteiger partial charge on any atom is 0.252 e. The van der Waals surface area contributed by atoms with Crippen molar-refractivity contribution in [3.63, 3.8) is 0 Å². The van der Waals surface area contributed by atoms with Crippen molar-refractivity contribution in [2.75, 3.05) is 12.4 Å². The summed E-state index contributed by atoms with van der Waals surface area (Å²) in [5, 5.41) is 3.53. The summed E-state index contributed by atoms with van der Waals surface area (Å²) in [4.78, 5) is 12.2. The Labute approximate surface area is 130 Å². The van der Waals surface area contributed by atoms with Crippen molar-refractivity contribution in [3.05, 3.63) is 34.3 Å². The first-order valence-corrected chi connectivity index (χ1v) is 8.13. The average Bonchev–Trinajstić information content (AvgIpc) is 2.45. The first-order chi connectivity index (χ1) is 9.61. The maximum absolute atomic E-state index is 12.2. The molecule has 110 valence electrons. The summed E-state index contributed by atoms with van der Waals surface area (Å²) in [6, 6.07) is 5.51. The van der Waals surface area contributed by atoms with E-state index in [2.05, 4.69) is 5.32 Å². The van der Waals surface area contributed by atoms with Crippen molar-refractivity contribution in [1.29, 1.82) is 0 Å². The van der Waals surface area contributed by atoms with E-state index in [4.69, 9.17) is 23.2 Å². The lowest BCUT2D eigenvalue weighted by atomic mass is 9.80. The standard InChI is InChI=1S/C16H21Cl2NO/c1-11-6-7-14(15(18)8-11)16(20)19-10-13-5-3-2-4-12(13)9-17/h6-8,12-13H,2-5,9-10H2,1H3,(H,19,20). The fourth-order valence-corrected chi connectivity index (χ4v) is 3.61. The zero-order chi connectivity index (χ0) is 14.5. The number of halogens is 2. The van der Waals surface area contributed by atoms with Gasteiger partial charge >= 0.3 is 0 Å². The quantitative estimate of drug-likeness (QED) is 0.819. The third-order valence-corrected chi connectivity index (χ3v) is 4.87. The number of benzene rings is 1. The Balaban J connectivity index is 1.94. The van der Waals surface area contributed by atoms with Crippen LogP contribution in [0.5, 0.6) is 0 Å². The normalized spacial score (nSPS) is 22.6. The van der Waals surface area contributed by atoms with Gasteiger partial charge in [-0.1, -0.05) is 30.5 Å². The number of nitrogens with one attached hydrogen (secondary N) is 1. The second-order valence-corrected chi connectivity index (χ2v) is 6.37. The summed E-state index contributed by atoms with van der Waals surface area (Å²) < 4.78 is 0. The molecule has 2 unspecified atom stereocenters. The van der Waals surface area contributed by atoms with E-state index in [9.17, 15) is 4.79 Å². The SMILES string of the molecule is Cc1ccc(C(=O)NCC2CCCCC2CCl)c(Cl)c1. The van der Waals surface area contributed by atoms with Crippen molar-refractivity contribution in [2.24, 2.45) is 11.8 Å². The van der Waals surface area contributed by atoms with Crippen LogP contribution < -0.4 is 5.32 Å². The van der Waals surface area contributed by atoms with Gasteiger partial charge in [-0.25, -0.2) is 0 Å². The van der Waals surface area contributed by atoms with Crippen LogP contribution >= 0.6 is 23.2 Å². The van der Waals surface area contributed by atoms with Crippen LogP contribution in [-0.4, -0.2) is 18.3 Å². The molecule has 0 saturated heterocycles. The Hall–Kier alpha value is -0.730. The van der Waals surface area contributed by atoms with Crippen LogP contribution in [0.3, 0.4) is 0 Å². The lowest BCUT2D eigenvalue weighted by Crippen LogP contribution is -2.35. The molecule has 20 heavy (non-hydrogen) atoms. The Morgan fingerprint density at radius 3 is 2.65 bits per heavy atom. The van der Waals surface area contributed by atoms with E-state index in [1.54, 1.807) is 6.07 Å². The number of amides is 1. The molecule has 1 saturated carbocycles. The molecule has 0 spiro atoms. The minimum atomic E-state index is -0.0890. The molecule has 1 aliphatic carbocycles. The monoisotopic (exact) mass is 313 g/mol. The van der Waals surface area contributed by atoms with Crippen LogP contribution in [-0.2, 0) is 0 Å². The second kappa shape index (κ2) is 7.33. The lowest BCUT2D eigenvalue weighted by molar-refractivity contribution is 0.0937. The zero-order valence-electron chi connectivity index (χ0n) is 11.8. The first-order valence-electron chi connectivity index (χ1n) is 7.22. The number of hydrogen-bond acceptors (Lipinski definition) is 1. The highest BCUT2D eigenvalue weighted by molar-refractivity contribution is 6.33. The fourth-order valence-electron chi connectivity index (χ4n) is 2.88. The Morgan fingerprint density at radius 2 is 2.00 bits per heavy atom. The molecule has 0 aliphatic heterocycles. The molecule has 2 nitrogen and oxygen atoms in total. The van der Waals surface area contributed by atoms with Gasteiger partial charge in [0.25, 0.3) is 5.91 Å². The minimum absolute atomic E-state index is 0.0890. The lowest BCUT2D eigenvalue weighted by Gasteiger charge is -2.30. The van der Waals surface area contributed by atoms with Crippen molar-refractivity contribution < 1.29 is 4.79 Å². The largest absolute Gasteiger partial charge is 0.352 e. The predicted molar refractivity (Wildman–Crippen MR) is 84.7 cm³/mol. The molecule has 4 heteroatoms. The fraction of sp³-hybridized carbons (Fsp3) is 0.562. The van der Waals surface area contributed by atoms with Gasteiger partial charge in [-0.05, 0) is 49.3 Å². The molecule has 1 aromatic rings. The number of aryl methyl sites for hydroxylation is 1. The summed E-state index contributed by atoms with van der Waals surface area (Å²) in [5.74, 6) is 1.62. The van der Waals surface area contributed by atoms with Gasteiger partial charge < -0.3 is 5.32 Å². The molecule has 0 radical (unpaired) electrons. The number of rotatable bonds is 4. The Bertz CT molecular complexity index is 476. The van der Waals surface area contributed by atoms with Gasteiger partial charge in [-0.15, -0.1) is 11.6 Å². The predicted octanol–water partition coefficient (Wildman–Crippen LogP) is 4.42. The number of alkyl halides is 1. The number of carbonyl (C=O) groups excluding carboxylic acids is 1. The van der Waals surface area contributed by atoms with Crippen LogP contribution in [0.2, 0.25) is 5.02 Å². The summed E-state index contributed by atoms with van der Waals surface area (Å²) in [6.45, 7) is 2.65. The molecule has 1 N–H and O–H groups in total. The van der Waals surface area contributed by atoms with Crippen LogP contribution in [0.4, 0.5) is 0 Å². The van der Waals surface area contributed by atoms with Gasteiger partial charge in [0.05, 0.1) is 10.6 Å². The summed E-state index contributed by atoms with van der Waals surface area (Å²) in [7, 11) is 0. The Kier molecular flexibility index (Phi) is 5.74. The molecule has 2 atom stereocenters. The maximum atomic E-state index is 12.2. The summed E-state index contributed by atoms with van der Waals surface area (Å²) in [6.07, 6.45) is 4.82. The number of hydrogen-bond donors (Lipinski definition) is 1. The summed E-state index contributed by atoms with van der Waals surface area (Å²) in [5.41, 5.74) is 1.61. The molecule has 0 bridgehead atoms. The summed E-state index contributed by atoms with van der Waals surface area (Å²) >= 11 is 12.1. The Morgan fingerprint density at radius 1 is 1.30 bits per heavy atom. The third-order valence-electron chi connectivity index (χ3n) is 4.16. The van der Waals surface area contributed by atoms with E-state index in [0.717, 1.165) is 12.0 Å². The van der Waals surface area contributed by atoms with E-state index in [1.807, 2.05) is 19.1 Å². The van der Waals surface area contributed by atoms with Gasteiger partial charge in [-0.2, -0.15) is 0 Å². The van der Waals surface area contributed by atoms with Crippen LogP contribution in [0.15, 0.2) is 18.2 Å². The van der Waals surface area contributed by atoms with E-state index in [1.165, 1.54) is 19.3 Å². The van der Waals surface area contributed by atoms with Gasteiger partial charge in [0.1, 0.15) is 0 Å².